The van der Waals surface area contributed by atoms with Crippen LogP contribution in [0, 0.1) is 0 Å². The minimum Gasteiger partial charge on any atom is -0.478 e. The Morgan fingerprint density at radius 2 is 1.36 bits per heavy atom. The first-order valence-corrected chi connectivity index (χ1v) is 6.45. The van der Waals surface area contributed by atoms with E-state index in [0.29, 0.717) is 11.6 Å². The topological polar surface area (TPSA) is 74.6 Å². The summed E-state index contributed by atoms with van der Waals surface area (Å²) in [5, 5.41) is 17.2. The summed E-state index contributed by atoms with van der Waals surface area (Å²) in [5.41, 5.74) is 1.33. The molecule has 0 amide bonds. The van der Waals surface area contributed by atoms with Crippen LogP contribution < -0.4 is 0 Å². The summed E-state index contributed by atoms with van der Waals surface area (Å²) in [6.45, 7) is 3.63. The molecule has 2 aromatic rings. The van der Waals surface area contributed by atoms with Crippen LogP contribution in [-0.2, 0) is 9.59 Å². The first kappa shape index (κ1) is 16.9. The molecule has 0 fully saturated rings. The Bertz CT molecular complexity index is 658. The Morgan fingerprint density at radius 3 is 1.73 bits per heavy atom. The van der Waals surface area contributed by atoms with Crippen molar-refractivity contribution in [3.05, 3.63) is 84.4 Å². The lowest BCUT2D eigenvalue weighted by Crippen LogP contribution is -2.02. The molecule has 4 nitrogen and oxygen atoms in total. The fraction of sp³-hybridized carbons (Fsp3) is 0. The van der Waals surface area contributed by atoms with Crippen LogP contribution in [0.2, 0.25) is 0 Å². The fourth-order valence-electron chi connectivity index (χ4n) is 1.60. The lowest BCUT2D eigenvalue weighted by Gasteiger charge is -1.99. The van der Waals surface area contributed by atoms with Crippen molar-refractivity contribution in [2.45, 2.75) is 0 Å². The van der Waals surface area contributed by atoms with Gasteiger partial charge in [-0.2, -0.15) is 0 Å². The standard InChI is InChI=1S/C10H8O4.C8H8/c11-9(12)6-8(10(13)14)7-4-2-1-3-5-7;1-2-8-6-4-3-5-7-8/h1-6H,(H,11,12)(H,13,14);2-7H,1H2/b8-6-;. The molecule has 2 aromatic carbocycles. The summed E-state index contributed by atoms with van der Waals surface area (Å²) in [7, 11) is 0. The maximum atomic E-state index is 10.7. The summed E-state index contributed by atoms with van der Waals surface area (Å²) in [4.78, 5) is 21.1. The number of carbonyl (C=O) groups is 2. The summed E-state index contributed by atoms with van der Waals surface area (Å²) in [6.07, 6.45) is 2.51. The first-order chi connectivity index (χ1) is 10.5. The van der Waals surface area contributed by atoms with Crippen molar-refractivity contribution in [2.75, 3.05) is 0 Å². The molecule has 2 N–H and O–H groups in total. The van der Waals surface area contributed by atoms with Crippen LogP contribution in [0.4, 0.5) is 0 Å². The highest BCUT2D eigenvalue weighted by Crippen LogP contribution is 2.13. The van der Waals surface area contributed by atoms with Crippen LogP contribution in [-0.4, -0.2) is 22.2 Å². The summed E-state index contributed by atoms with van der Waals surface area (Å²) < 4.78 is 0. The summed E-state index contributed by atoms with van der Waals surface area (Å²) in [6, 6.07) is 18.1. The number of carboxylic acid groups (broad SMARTS) is 2. The molecule has 0 atom stereocenters. The quantitative estimate of drug-likeness (QED) is 0.846. The zero-order valence-corrected chi connectivity index (χ0v) is 11.8. The average molecular weight is 296 g/mol. The van der Waals surface area contributed by atoms with Gasteiger partial charge in [0.15, 0.2) is 0 Å². The minimum atomic E-state index is -1.27. The Labute approximate surface area is 128 Å². The number of benzene rings is 2. The van der Waals surface area contributed by atoms with Crippen LogP contribution in [0.1, 0.15) is 11.1 Å². The van der Waals surface area contributed by atoms with Gasteiger partial charge in [-0.05, 0) is 11.1 Å². The Hall–Kier alpha value is -3.14. The van der Waals surface area contributed by atoms with Gasteiger partial charge in [-0.15, -0.1) is 0 Å². The van der Waals surface area contributed by atoms with Crippen molar-refractivity contribution in [1.82, 2.24) is 0 Å². The summed E-state index contributed by atoms with van der Waals surface area (Å²) in [5.74, 6) is -2.52. The van der Waals surface area contributed by atoms with Crippen LogP contribution in [0.3, 0.4) is 0 Å². The predicted octanol–water partition coefficient (Wildman–Crippen LogP) is 3.57. The third kappa shape index (κ3) is 5.88. The Morgan fingerprint density at radius 1 is 0.864 bits per heavy atom. The molecule has 0 radical (unpaired) electrons. The molecular formula is C18H16O4. The highest BCUT2D eigenvalue weighted by Gasteiger charge is 2.11. The van der Waals surface area contributed by atoms with Gasteiger partial charge in [0.05, 0.1) is 5.57 Å². The molecule has 0 aromatic heterocycles. The van der Waals surface area contributed by atoms with Crippen molar-refractivity contribution in [1.29, 1.82) is 0 Å². The zero-order chi connectivity index (χ0) is 16.4. The van der Waals surface area contributed by atoms with E-state index in [4.69, 9.17) is 10.2 Å². The predicted molar refractivity (Wildman–Crippen MR) is 86.2 cm³/mol. The van der Waals surface area contributed by atoms with Gasteiger partial charge in [-0.1, -0.05) is 73.3 Å². The highest BCUT2D eigenvalue weighted by atomic mass is 16.4. The summed E-state index contributed by atoms with van der Waals surface area (Å²) >= 11 is 0. The Balaban J connectivity index is 0.000000255. The molecule has 0 unspecified atom stereocenters. The van der Waals surface area contributed by atoms with E-state index in [-0.39, 0.29) is 5.57 Å². The molecule has 0 aliphatic carbocycles. The lowest BCUT2D eigenvalue weighted by atomic mass is 10.1. The van der Waals surface area contributed by atoms with E-state index >= 15 is 0 Å². The normalized spacial score (nSPS) is 10.1. The molecule has 0 saturated heterocycles. The van der Waals surface area contributed by atoms with Gasteiger partial charge in [0.1, 0.15) is 0 Å². The molecule has 112 valence electrons. The molecule has 2 rings (SSSR count). The van der Waals surface area contributed by atoms with E-state index in [0.717, 1.165) is 0 Å². The largest absolute Gasteiger partial charge is 0.478 e. The number of carboxylic acids is 2. The van der Waals surface area contributed by atoms with Gasteiger partial charge >= 0.3 is 11.9 Å². The van der Waals surface area contributed by atoms with Gasteiger partial charge < -0.3 is 10.2 Å². The maximum absolute atomic E-state index is 10.7. The van der Waals surface area contributed by atoms with Crippen LogP contribution in [0.15, 0.2) is 73.3 Å². The molecule has 0 heterocycles. The first-order valence-electron chi connectivity index (χ1n) is 6.45. The molecular weight excluding hydrogens is 280 g/mol. The molecule has 22 heavy (non-hydrogen) atoms. The van der Waals surface area contributed by atoms with E-state index in [2.05, 4.69) is 6.58 Å². The second kappa shape index (κ2) is 8.92. The van der Waals surface area contributed by atoms with E-state index in [1.165, 1.54) is 5.56 Å². The zero-order valence-electron chi connectivity index (χ0n) is 11.8. The monoisotopic (exact) mass is 296 g/mol. The van der Waals surface area contributed by atoms with E-state index < -0.39 is 11.9 Å². The van der Waals surface area contributed by atoms with Crippen LogP contribution in [0.25, 0.3) is 11.6 Å². The van der Waals surface area contributed by atoms with Crippen molar-refractivity contribution in [2.24, 2.45) is 0 Å². The van der Waals surface area contributed by atoms with Crippen molar-refractivity contribution < 1.29 is 19.8 Å². The van der Waals surface area contributed by atoms with Gasteiger partial charge in [-0.3, -0.25) is 0 Å². The van der Waals surface area contributed by atoms with Crippen molar-refractivity contribution in [3.63, 3.8) is 0 Å². The second-order valence-electron chi connectivity index (χ2n) is 4.18. The molecule has 0 saturated carbocycles. The van der Waals surface area contributed by atoms with Gasteiger partial charge in [0.25, 0.3) is 0 Å². The number of hydrogen-bond donors (Lipinski definition) is 2. The van der Waals surface area contributed by atoms with Crippen molar-refractivity contribution >= 4 is 23.6 Å². The SMILES string of the molecule is C=Cc1ccccc1.O=C(O)/C=C(\C(=O)O)c1ccccc1. The lowest BCUT2D eigenvalue weighted by molar-refractivity contribution is -0.133. The van der Waals surface area contributed by atoms with Crippen LogP contribution in [0.5, 0.6) is 0 Å². The number of aliphatic carboxylic acids is 2. The van der Waals surface area contributed by atoms with E-state index in [9.17, 15) is 9.59 Å². The molecule has 0 bridgehead atoms. The van der Waals surface area contributed by atoms with E-state index in [1.54, 1.807) is 30.3 Å². The highest BCUT2D eigenvalue weighted by molar-refractivity contribution is 6.19. The fourth-order valence-corrected chi connectivity index (χ4v) is 1.60. The smallest absolute Gasteiger partial charge is 0.336 e. The average Bonchev–Trinajstić information content (AvgIpc) is 2.54. The van der Waals surface area contributed by atoms with Gasteiger partial charge in [0, 0.05) is 6.08 Å². The van der Waals surface area contributed by atoms with Gasteiger partial charge in [0.2, 0.25) is 0 Å². The minimum absolute atomic E-state index is 0.224. The number of rotatable bonds is 4. The molecule has 4 heteroatoms. The third-order valence-corrected chi connectivity index (χ3v) is 2.62. The third-order valence-electron chi connectivity index (χ3n) is 2.62. The number of hydrogen-bond acceptors (Lipinski definition) is 2. The molecule has 0 aliphatic rings. The molecule has 0 aliphatic heterocycles. The maximum Gasteiger partial charge on any atom is 0.336 e. The second-order valence-corrected chi connectivity index (χ2v) is 4.18. The van der Waals surface area contributed by atoms with E-state index in [1.807, 2.05) is 36.4 Å². The Kier molecular flexibility index (Phi) is 6.86. The van der Waals surface area contributed by atoms with Gasteiger partial charge in [-0.25, -0.2) is 9.59 Å². The molecule has 0 spiro atoms. The van der Waals surface area contributed by atoms with Crippen LogP contribution >= 0.6 is 0 Å². The van der Waals surface area contributed by atoms with Crippen molar-refractivity contribution in [3.8, 4) is 0 Å².